The van der Waals surface area contributed by atoms with Gasteiger partial charge in [-0.15, -0.1) is 11.3 Å². The summed E-state index contributed by atoms with van der Waals surface area (Å²) in [7, 11) is 0. The first-order valence-corrected chi connectivity index (χ1v) is 6.75. The predicted octanol–water partition coefficient (Wildman–Crippen LogP) is 3.60. The van der Waals surface area contributed by atoms with Gasteiger partial charge in [0.05, 0.1) is 18.0 Å². The highest BCUT2D eigenvalue weighted by Crippen LogP contribution is 2.26. The molecule has 1 N–H and O–H groups in total. The zero-order chi connectivity index (χ0) is 13.2. The summed E-state index contributed by atoms with van der Waals surface area (Å²) in [6.07, 6.45) is 2.87. The molecule has 0 aliphatic rings. The Bertz CT molecular complexity index is 756. The Morgan fingerprint density at radius 2 is 2.11 bits per heavy atom. The Labute approximate surface area is 118 Å². The predicted molar refractivity (Wildman–Crippen MR) is 76.8 cm³/mol. The number of benzene rings is 1. The first-order chi connectivity index (χ1) is 9.24. The number of nitrogens with zero attached hydrogens (tertiary/aromatic N) is 2. The number of hydrogen-bond acceptors (Lipinski definition) is 4. The molecule has 0 fully saturated rings. The van der Waals surface area contributed by atoms with Crippen LogP contribution in [0.2, 0.25) is 5.15 Å². The van der Waals surface area contributed by atoms with Crippen LogP contribution in [0.5, 0.6) is 0 Å². The van der Waals surface area contributed by atoms with Crippen LogP contribution in [0, 0.1) is 0 Å². The molecule has 0 saturated heterocycles. The van der Waals surface area contributed by atoms with E-state index in [4.69, 9.17) is 11.6 Å². The number of thiophene rings is 1. The molecule has 2 aromatic heterocycles. The largest absolute Gasteiger partial charge is 0.305 e. The van der Waals surface area contributed by atoms with E-state index < -0.39 is 0 Å². The fourth-order valence-electron chi connectivity index (χ4n) is 1.74. The zero-order valence-corrected chi connectivity index (χ0v) is 11.2. The van der Waals surface area contributed by atoms with Crippen molar-refractivity contribution >= 4 is 44.7 Å². The SMILES string of the molecule is O=C(Nc1cncc(Cl)n1)c1csc2ccccc12. The third-order valence-electron chi connectivity index (χ3n) is 2.57. The smallest absolute Gasteiger partial charge is 0.258 e. The van der Waals surface area contributed by atoms with Gasteiger partial charge in [-0.2, -0.15) is 0 Å². The number of rotatable bonds is 2. The highest BCUT2D eigenvalue weighted by Gasteiger charge is 2.12. The quantitative estimate of drug-likeness (QED) is 0.784. The van der Waals surface area contributed by atoms with Gasteiger partial charge in [0.1, 0.15) is 5.15 Å². The molecule has 0 bridgehead atoms. The van der Waals surface area contributed by atoms with Crippen molar-refractivity contribution in [2.45, 2.75) is 0 Å². The van der Waals surface area contributed by atoms with Crippen LogP contribution in [0.1, 0.15) is 10.4 Å². The molecule has 6 heteroatoms. The minimum absolute atomic E-state index is 0.214. The summed E-state index contributed by atoms with van der Waals surface area (Å²) >= 11 is 7.26. The van der Waals surface area contributed by atoms with Crippen LogP contribution >= 0.6 is 22.9 Å². The second-order valence-electron chi connectivity index (χ2n) is 3.83. The van der Waals surface area contributed by atoms with Gasteiger partial charge in [0.2, 0.25) is 0 Å². The van der Waals surface area contributed by atoms with Crippen LogP contribution in [0.15, 0.2) is 42.0 Å². The molecule has 0 spiro atoms. The van der Waals surface area contributed by atoms with E-state index in [-0.39, 0.29) is 11.1 Å². The van der Waals surface area contributed by atoms with Gasteiger partial charge in [0.25, 0.3) is 5.91 Å². The van der Waals surface area contributed by atoms with Crippen LogP contribution in [-0.4, -0.2) is 15.9 Å². The molecular formula is C13H8ClN3OS. The number of hydrogen-bond donors (Lipinski definition) is 1. The lowest BCUT2D eigenvalue weighted by Crippen LogP contribution is -2.12. The lowest BCUT2D eigenvalue weighted by molar-refractivity contribution is 0.102. The number of amides is 1. The lowest BCUT2D eigenvalue weighted by Gasteiger charge is -2.03. The number of nitrogens with one attached hydrogen (secondary N) is 1. The Morgan fingerprint density at radius 3 is 2.95 bits per heavy atom. The summed E-state index contributed by atoms with van der Waals surface area (Å²) < 4.78 is 1.07. The van der Waals surface area contributed by atoms with Crippen molar-refractivity contribution in [2.24, 2.45) is 0 Å². The number of anilines is 1. The molecule has 0 atom stereocenters. The van der Waals surface area contributed by atoms with Crippen LogP contribution in [0.25, 0.3) is 10.1 Å². The van der Waals surface area contributed by atoms with Crippen LogP contribution in [0.3, 0.4) is 0 Å². The molecule has 4 nitrogen and oxygen atoms in total. The van der Waals surface area contributed by atoms with Gasteiger partial charge in [0, 0.05) is 15.5 Å². The highest BCUT2D eigenvalue weighted by molar-refractivity contribution is 7.17. The average Bonchev–Trinajstić information content (AvgIpc) is 2.82. The van der Waals surface area contributed by atoms with Gasteiger partial charge in [0.15, 0.2) is 5.82 Å². The van der Waals surface area contributed by atoms with E-state index in [2.05, 4.69) is 15.3 Å². The van der Waals surface area contributed by atoms with E-state index >= 15 is 0 Å². The van der Waals surface area contributed by atoms with Crippen molar-refractivity contribution in [3.8, 4) is 0 Å². The molecule has 2 heterocycles. The molecule has 1 amide bonds. The standard InChI is InChI=1S/C13H8ClN3OS/c14-11-5-15-6-12(16-11)17-13(18)9-7-19-10-4-2-1-3-8(9)10/h1-7H,(H,16,17,18). The fourth-order valence-corrected chi connectivity index (χ4v) is 2.83. The molecule has 3 rings (SSSR count). The number of fused-ring (bicyclic) bond motifs is 1. The van der Waals surface area contributed by atoms with Crippen LogP contribution in [-0.2, 0) is 0 Å². The topological polar surface area (TPSA) is 54.9 Å². The Kier molecular flexibility index (Phi) is 3.15. The number of carbonyl (C=O) groups is 1. The summed E-state index contributed by atoms with van der Waals surface area (Å²) in [5, 5.41) is 5.69. The monoisotopic (exact) mass is 289 g/mol. The molecule has 19 heavy (non-hydrogen) atoms. The number of aromatic nitrogens is 2. The van der Waals surface area contributed by atoms with Crippen molar-refractivity contribution in [1.82, 2.24) is 9.97 Å². The zero-order valence-electron chi connectivity index (χ0n) is 9.63. The third-order valence-corrected chi connectivity index (χ3v) is 3.72. The maximum absolute atomic E-state index is 12.2. The molecular weight excluding hydrogens is 282 g/mol. The maximum atomic E-state index is 12.2. The van der Waals surface area contributed by atoms with Gasteiger partial charge in [-0.1, -0.05) is 29.8 Å². The maximum Gasteiger partial charge on any atom is 0.258 e. The average molecular weight is 290 g/mol. The van der Waals surface area contributed by atoms with Gasteiger partial charge < -0.3 is 5.32 Å². The van der Waals surface area contributed by atoms with E-state index in [1.54, 1.807) is 0 Å². The summed E-state index contributed by atoms with van der Waals surface area (Å²) in [5.74, 6) is 0.127. The molecule has 0 aliphatic heterocycles. The minimum Gasteiger partial charge on any atom is -0.305 e. The van der Waals surface area contributed by atoms with Crippen LogP contribution < -0.4 is 5.32 Å². The van der Waals surface area contributed by atoms with Gasteiger partial charge in [-0.25, -0.2) is 4.98 Å². The third kappa shape index (κ3) is 2.43. The molecule has 94 valence electrons. The summed E-state index contributed by atoms with van der Waals surface area (Å²) in [6.45, 7) is 0. The van der Waals surface area contributed by atoms with Gasteiger partial charge in [-0.3, -0.25) is 9.78 Å². The second-order valence-corrected chi connectivity index (χ2v) is 5.13. The summed E-state index contributed by atoms with van der Waals surface area (Å²) in [5.41, 5.74) is 0.627. The Hall–Kier alpha value is -1.98. The van der Waals surface area contributed by atoms with E-state index in [0.29, 0.717) is 11.4 Å². The van der Waals surface area contributed by atoms with Crippen molar-refractivity contribution in [3.05, 3.63) is 52.8 Å². The molecule has 0 saturated carbocycles. The Balaban J connectivity index is 1.92. The van der Waals surface area contributed by atoms with E-state index in [9.17, 15) is 4.79 Å². The van der Waals surface area contributed by atoms with Crippen molar-refractivity contribution < 1.29 is 4.79 Å². The van der Waals surface area contributed by atoms with Crippen molar-refractivity contribution in [1.29, 1.82) is 0 Å². The molecule has 0 radical (unpaired) electrons. The highest BCUT2D eigenvalue weighted by atomic mass is 35.5. The van der Waals surface area contributed by atoms with Gasteiger partial charge >= 0.3 is 0 Å². The van der Waals surface area contributed by atoms with Gasteiger partial charge in [-0.05, 0) is 6.07 Å². The molecule has 0 aliphatic carbocycles. The fraction of sp³-hybridized carbons (Fsp3) is 0. The molecule has 3 aromatic rings. The first-order valence-electron chi connectivity index (χ1n) is 5.49. The molecule has 0 unspecified atom stereocenters. The first kappa shape index (κ1) is 12.1. The summed E-state index contributed by atoms with van der Waals surface area (Å²) in [6, 6.07) is 7.76. The number of halogens is 1. The normalized spacial score (nSPS) is 10.6. The van der Waals surface area contributed by atoms with E-state index in [0.717, 1.165) is 10.1 Å². The Morgan fingerprint density at radius 1 is 1.26 bits per heavy atom. The molecule has 1 aromatic carbocycles. The van der Waals surface area contributed by atoms with Crippen molar-refractivity contribution in [3.63, 3.8) is 0 Å². The second kappa shape index (κ2) is 4.95. The van der Waals surface area contributed by atoms with Crippen LogP contribution in [0.4, 0.5) is 5.82 Å². The van der Waals surface area contributed by atoms with Crippen molar-refractivity contribution in [2.75, 3.05) is 5.32 Å². The number of carbonyl (C=O) groups excluding carboxylic acids is 1. The van der Waals surface area contributed by atoms with E-state index in [1.807, 2.05) is 29.6 Å². The lowest BCUT2D eigenvalue weighted by atomic mass is 10.2. The summed E-state index contributed by atoms with van der Waals surface area (Å²) in [4.78, 5) is 20.0. The van der Waals surface area contributed by atoms with E-state index in [1.165, 1.54) is 23.7 Å². The minimum atomic E-state index is -0.214.